The van der Waals surface area contributed by atoms with Crippen LogP contribution in [0.5, 0.6) is 0 Å². The number of rotatable bonds is 8. The second-order valence-corrected chi connectivity index (χ2v) is 16.4. The summed E-state index contributed by atoms with van der Waals surface area (Å²) < 4.78 is 0. The van der Waals surface area contributed by atoms with Gasteiger partial charge < -0.3 is 0 Å². The average Bonchev–Trinajstić information content (AvgIpc) is 3.36. The fourth-order valence-electron chi connectivity index (χ4n) is 8.70. The van der Waals surface area contributed by atoms with Crippen molar-refractivity contribution >= 4 is 11.8 Å². The van der Waals surface area contributed by atoms with E-state index in [0.717, 1.165) is 61.7 Å². The summed E-state index contributed by atoms with van der Waals surface area (Å²) in [6, 6.07) is 70.9. The average molecular weight is 812 g/mol. The van der Waals surface area contributed by atoms with Gasteiger partial charge in [-0.15, -0.1) is 0 Å². The van der Waals surface area contributed by atoms with Crippen molar-refractivity contribution in [2.24, 2.45) is 0 Å². The van der Waals surface area contributed by atoms with Gasteiger partial charge in [0.15, 0.2) is 5.82 Å². The van der Waals surface area contributed by atoms with Gasteiger partial charge in [-0.25, -0.2) is 15.0 Å². The third-order valence-corrected chi connectivity index (χ3v) is 12.8. The van der Waals surface area contributed by atoms with Crippen molar-refractivity contribution in [2.75, 3.05) is 0 Å². The number of hydrogen-bond acceptors (Lipinski definition) is 6. The minimum Gasteiger partial charge on any atom is -0.265 e. The summed E-state index contributed by atoms with van der Waals surface area (Å²) in [5.41, 5.74) is 14.8. The Kier molecular flexibility index (Phi) is 9.60. The fourth-order valence-corrected chi connectivity index (χ4v) is 9.85. The Bertz CT molecular complexity index is 2850. The Balaban J connectivity index is 1.15. The van der Waals surface area contributed by atoms with E-state index in [2.05, 4.69) is 174 Å². The van der Waals surface area contributed by atoms with Gasteiger partial charge in [-0.2, -0.15) is 0 Å². The molecule has 10 aromatic rings. The number of nitrogens with zero attached hydrogens (tertiary/aromatic N) is 5. The summed E-state index contributed by atoms with van der Waals surface area (Å²) in [5.74, 6) is 0.677. The standard InChI is InChI=1S/C56H37N5S/c1-5-13-38(14-6-1)51-37-52(39-15-7-2-8-16-39)61-55(60-51)43-22-24-54-48(34-43)56(45-17-9-3-10-18-45,46-19-11-4-12-20-46)47-33-42(21-23-53(47)62-54)44-35-49(40-25-29-57-30-26-40)59-50(36-44)41-27-31-58-32-28-41/h1-37H. The highest BCUT2D eigenvalue weighted by molar-refractivity contribution is 7.99. The third-order valence-electron chi connectivity index (χ3n) is 11.6. The third kappa shape index (κ3) is 6.77. The molecule has 292 valence electrons. The Morgan fingerprint density at radius 2 is 0.710 bits per heavy atom. The second kappa shape index (κ2) is 16.0. The molecule has 0 N–H and O–H groups in total. The van der Waals surface area contributed by atoms with Crippen LogP contribution in [0.25, 0.3) is 67.5 Å². The maximum atomic E-state index is 5.27. The minimum absolute atomic E-state index is 0.677. The molecule has 0 aliphatic carbocycles. The van der Waals surface area contributed by atoms with Crippen LogP contribution in [0.2, 0.25) is 0 Å². The predicted octanol–water partition coefficient (Wildman–Crippen LogP) is 13.5. The molecule has 6 heteroatoms. The molecule has 0 saturated carbocycles. The van der Waals surface area contributed by atoms with Gasteiger partial charge in [-0.05, 0) is 100 Å². The van der Waals surface area contributed by atoms with Gasteiger partial charge in [0.25, 0.3) is 0 Å². The van der Waals surface area contributed by atoms with Crippen LogP contribution in [0.4, 0.5) is 0 Å². The molecule has 0 atom stereocenters. The molecule has 4 aromatic heterocycles. The Hall–Kier alpha value is -7.80. The molecule has 0 spiro atoms. The van der Waals surface area contributed by atoms with Crippen LogP contribution in [0.1, 0.15) is 22.3 Å². The summed E-state index contributed by atoms with van der Waals surface area (Å²) >= 11 is 1.81. The van der Waals surface area contributed by atoms with Crippen LogP contribution in [0, 0.1) is 0 Å². The van der Waals surface area contributed by atoms with Crippen molar-refractivity contribution in [3.05, 3.63) is 247 Å². The van der Waals surface area contributed by atoms with Crippen molar-refractivity contribution in [2.45, 2.75) is 15.2 Å². The topological polar surface area (TPSA) is 64.5 Å². The molecule has 0 radical (unpaired) electrons. The molecule has 1 aliphatic heterocycles. The summed E-state index contributed by atoms with van der Waals surface area (Å²) in [5, 5.41) is 0. The van der Waals surface area contributed by atoms with Crippen LogP contribution in [0.15, 0.2) is 235 Å². The monoisotopic (exact) mass is 811 g/mol. The van der Waals surface area contributed by atoms with Gasteiger partial charge in [0, 0.05) is 62.4 Å². The Morgan fingerprint density at radius 3 is 1.19 bits per heavy atom. The van der Waals surface area contributed by atoms with E-state index < -0.39 is 5.41 Å². The number of pyridine rings is 3. The second-order valence-electron chi connectivity index (χ2n) is 15.3. The fraction of sp³-hybridized carbons (Fsp3) is 0.0179. The van der Waals surface area contributed by atoms with Crippen LogP contribution < -0.4 is 0 Å². The first-order valence-corrected chi connectivity index (χ1v) is 21.4. The molecular formula is C56H37N5S. The molecule has 62 heavy (non-hydrogen) atoms. The van der Waals surface area contributed by atoms with Crippen molar-refractivity contribution < 1.29 is 0 Å². The molecule has 5 heterocycles. The maximum Gasteiger partial charge on any atom is 0.160 e. The largest absolute Gasteiger partial charge is 0.265 e. The Labute approximate surface area is 365 Å². The summed E-state index contributed by atoms with van der Waals surface area (Å²) in [6.45, 7) is 0. The van der Waals surface area contributed by atoms with Crippen LogP contribution in [0.3, 0.4) is 0 Å². The van der Waals surface area contributed by atoms with Gasteiger partial charge >= 0.3 is 0 Å². The zero-order valence-electron chi connectivity index (χ0n) is 33.5. The van der Waals surface area contributed by atoms with Gasteiger partial charge in [0.05, 0.1) is 28.2 Å². The maximum absolute atomic E-state index is 5.27. The first-order chi connectivity index (χ1) is 30.7. The van der Waals surface area contributed by atoms with Crippen LogP contribution >= 0.6 is 11.8 Å². The molecule has 0 unspecified atom stereocenters. The zero-order chi connectivity index (χ0) is 41.3. The lowest BCUT2D eigenvalue weighted by Crippen LogP contribution is -2.34. The quantitative estimate of drug-likeness (QED) is 0.152. The van der Waals surface area contributed by atoms with Gasteiger partial charge in [0.2, 0.25) is 0 Å². The van der Waals surface area contributed by atoms with E-state index in [1.54, 1.807) is 0 Å². The molecule has 5 nitrogen and oxygen atoms in total. The lowest BCUT2D eigenvalue weighted by Gasteiger charge is -2.42. The van der Waals surface area contributed by atoms with Gasteiger partial charge in [-0.1, -0.05) is 145 Å². The number of aromatic nitrogens is 5. The molecule has 0 bridgehead atoms. The lowest BCUT2D eigenvalue weighted by atomic mass is 9.64. The van der Waals surface area contributed by atoms with Crippen molar-refractivity contribution in [3.8, 4) is 67.5 Å². The zero-order valence-corrected chi connectivity index (χ0v) is 34.3. The first kappa shape index (κ1) is 37.2. The molecule has 11 rings (SSSR count). The smallest absolute Gasteiger partial charge is 0.160 e. The van der Waals surface area contributed by atoms with E-state index in [-0.39, 0.29) is 0 Å². The SMILES string of the molecule is c1ccc(-c2cc(-c3ccccc3)nc(-c3ccc4c(c3)C(c3ccccc3)(c3ccccc3)c3cc(-c5cc(-c6ccncc6)nc(-c6ccncc6)c5)ccc3S4)n2)cc1. The predicted molar refractivity (Wildman–Crippen MR) is 250 cm³/mol. The van der Waals surface area contributed by atoms with Crippen molar-refractivity contribution in [1.29, 1.82) is 0 Å². The van der Waals surface area contributed by atoms with Gasteiger partial charge in [0.1, 0.15) is 0 Å². The van der Waals surface area contributed by atoms with Crippen molar-refractivity contribution in [1.82, 2.24) is 24.9 Å². The van der Waals surface area contributed by atoms with E-state index in [4.69, 9.17) is 15.0 Å². The Morgan fingerprint density at radius 1 is 0.306 bits per heavy atom. The number of hydrogen-bond donors (Lipinski definition) is 0. The minimum atomic E-state index is -0.696. The van der Waals surface area contributed by atoms with E-state index in [1.807, 2.05) is 72.9 Å². The first-order valence-electron chi connectivity index (χ1n) is 20.6. The van der Waals surface area contributed by atoms with Crippen LogP contribution in [-0.4, -0.2) is 24.9 Å². The van der Waals surface area contributed by atoms with Crippen molar-refractivity contribution in [3.63, 3.8) is 0 Å². The molecule has 6 aromatic carbocycles. The molecule has 0 fully saturated rings. The van der Waals surface area contributed by atoms with E-state index in [1.165, 1.54) is 32.0 Å². The van der Waals surface area contributed by atoms with E-state index >= 15 is 0 Å². The normalized spacial score (nSPS) is 12.6. The molecule has 1 aliphatic rings. The van der Waals surface area contributed by atoms with E-state index in [9.17, 15) is 0 Å². The summed E-state index contributed by atoms with van der Waals surface area (Å²) in [4.78, 5) is 26.7. The summed E-state index contributed by atoms with van der Waals surface area (Å²) in [6.07, 6.45) is 7.27. The number of benzene rings is 6. The number of fused-ring (bicyclic) bond motifs is 2. The molecule has 0 amide bonds. The molecular weight excluding hydrogens is 775 g/mol. The highest BCUT2D eigenvalue weighted by Gasteiger charge is 2.44. The summed E-state index contributed by atoms with van der Waals surface area (Å²) in [7, 11) is 0. The highest BCUT2D eigenvalue weighted by Crippen LogP contribution is 2.57. The highest BCUT2D eigenvalue weighted by atomic mass is 32.2. The molecule has 0 saturated heterocycles. The van der Waals surface area contributed by atoms with E-state index in [0.29, 0.717) is 5.82 Å². The van der Waals surface area contributed by atoms with Gasteiger partial charge in [-0.3, -0.25) is 9.97 Å². The lowest BCUT2D eigenvalue weighted by molar-refractivity contribution is 0.703. The van der Waals surface area contributed by atoms with Crippen LogP contribution in [-0.2, 0) is 5.41 Å².